The topological polar surface area (TPSA) is 98.5 Å². The zero-order valence-corrected chi connectivity index (χ0v) is 11.0. The molecule has 1 N–H and O–H groups in total. The molecule has 7 nitrogen and oxygen atoms in total. The number of hydrogen-bond donors (Lipinski definition) is 1. The van der Waals surface area contributed by atoms with Crippen LogP contribution in [0.25, 0.3) is 0 Å². The Balaban J connectivity index is 3.27. The van der Waals surface area contributed by atoms with E-state index in [0.717, 1.165) is 6.07 Å². The monoisotopic (exact) mass is 294 g/mol. The SMILES string of the molecule is COc1ccc([N+](=O)[O-])cc1S(=O)(=O)NCCCl. The lowest BCUT2D eigenvalue weighted by atomic mass is 10.3. The van der Waals surface area contributed by atoms with Gasteiger partial charge in [0.1, 0.15) is 10.6 Å². The Morgan fingerprint density at radius 3 is 2.67 bits per heavy atom. The van der Waals surface area contributed by atoms with Crippen LogP contribution in [0.15, 0.2) is 23.1 Å². The van der Waals surface area contributed by atoms with Crippen molar-refractivity contribution in [2.45, 2.75) is 4.90 Å². The highest BCUT2D eigenvalue weighted by atomic mass is 35.5. The molecule has 0 aliphatic rings. The molecule has 1 rings (SSSR count). The fourth-order valence-corrected chi connectivity index (χ4v) is 2.66. The lowest BCUT2D eigenvalue weighted by Crippen LogP contribution is -2.26. The lowest BCUT2D eigenvalue weighted by Gasteiger charge is -2.09. The van der Waals surface area contributed by atoms with Crippen LogP contribution in [-0.2, 0) is 10.0 Å². The van der Waals surface area contributed by atoms with Gasteiger partial charge >= 0.3 is 0 Å². The number of hydrogen-bond acceptors (Lipinski definition) is 5. The predicted molar refractivity (Wildman–Crippen MR) is 65.6 cm³/mol. The number of nitrogens with one attached hydrogen (secondary N) is 1. The molecule has 0 unspecified atom stereocenters. The van der Waals surface area contributed by atoms with E-state index in [2.05, 4.69) is 4.72 Å². The van der Waals surface area contributed by atoms with Crippen LogP contribution < -0.4 is 9.46 Å². The third-order valence-electron chi connectivity index (χ3n) is 2.03. The second-order valence-corrected chi connectivity index (χ2v) is 5.29. The number of benzene rings is 1. The minimum Gasteiger partial charge on any atom is -0.495 e. The molecule has 0 radical (unpaired) electrons. The van der Waals surface area contributed by atoms with Crippen molar-refractivity contribution in [2.75, 3.05) is 19.5 Å². The second-order valence-electron chi connectivity index (χ2n) is 3.18. The Kier molecular flexibility index (Phi) is 4.88. The van der Waals surface area contributed by atoms with E-state index in [1.54, 1.807) is 0 Å². The number of nitrogens with zero attached hydrogens (tertiary/aromatic N) is 1. The van der Waals surface area contributed by atoms with E-state index >= 15 is 0 Å². The van der Waals surface area contributed by atoms with E-state index in [-0.39, 0.29) is 28.8 Å². The number of alkyl halides is 1. The van der Waals surface area contributed by atoms with Crippen molar-refractivity contribution in [1.82, 2.24) is 4.72 Å². The van der Waals surface area contributed by atoms with Gasteiger partial charge in [0.2, 0.25) is 10.0 Å². The molecule has 1 aromatic carbocycles. The maximum Gasteiger partial charge on any atom is 0.271 e. The molecule has 18 heavy (non-hydrogen) atoms. The first-order chi connectivity index (χ1) is 8.42. The van der Waals surface area contributed by atoms with Crippen molar-refractivity contribution in [2.24, 2.45) is 0 Å². The molecule has 0 saturated heterocycles. The lowest BCUT2D eigenvalue weighted by molar-refractivity contribution is -0.385. The summed E-state index contributed by atoms with van der Waals surface area (Å²) in [4.78, 5) is 9.65. The van der Waals surface area contributed by atoms with E-state index < -0.39 is 14.9 Å². The molecule has 0 saturated carbocycles. The summed E-state index contributed by atoms with van der Waals surface area (Å²) in [6.07, 6.45) is 0. The van der Waals surface area contributed by atoms with Crippen LogP contribution in [0.1, 0.15) is 0 Å². The standard InChI is InChI=1S/C9H11ClN2O5S/c1-17-8-3-2-7(12(13)14)6-9(8)18(15,16)11-5-4-10/h2-3,6,11H,4-5H2,1H3. The normalized spacial score (nSPS) is 11.2. The van der Waals surface area contributed by atoms with Crippen molar-refractivity contribution in [3.05, 3.63) is 28.3 Å². The van der Waals surface area contributed by atoms with Gasteiger partial charge in [-0.3, -0.25) is 10.1 Å². The van der Waals surface area contributed by atoms with Gasteiger partial charge in [-0.05, 0) is 6.07 Å². The molecule has 1 aromatic rings. The molecule has 9 heteroatoms. The molecule has 0 fully saturated rings. The van der Waals surface area contributed by atoms with Gasteiger partial charge in [0.05, 0.1) is 12.0 Å². The van der Waals surface area contributed by atoms with E-state index in [0.29, 0.717) is 0 Å². The van der Waals surface area contributed by atoms with Gasteiger partial charge in [-0.2, -0.15) is 0 Å². The molecule has 0 heterocycles. The molecule has 0 atom stereocenters. The highest BCUT2D eigenvalue weighted by Crippen LogP contribution is 2.27. The van der Waals surface area contributed by atoms with Gasteiger partial charge in [-0.15, -0.1) is 11.6 Å². The number of rotatable bonds is 6. The Hall–Kier alpha value is -1.38. The van der Waals surface area contributed by atoms with Crippen LogP contribution in [0, 0.1) is 10.1 Å². The first-order valence-corrected chi connectivity index (χ1v) is 6.82. The summed E-state index contributed by atoms with van der Waals surface area (Å²) in [5.74, 6) is 0.124. The molecular formula is C9H11ClN2O5S. The quantitative estimate of drug-likeness (QED) is 0.481. The summed E-state index contributed by atoms with van der Waals surface area (Å²) < 4.78 is 30.8. The molecule has 0 aromatic heterocycles. The highest BCUT2D eigenvalue weighted by Gasteiger charge is 2.22. The zero-order chi connectivity index (χ0) is 13.8. The number of nitro benzene ring substituents is 1. The minimum absolute atomic E-state index is 0.0235. The highest BCUT2D eigenvalue weighted by molar-refractivity contribution is 7.89. The number of ether oxygens (including phenoxy) is 1. The van der Waals surface area contributed by atoms with Crippen molar-refractivity contribution >= 4 is 27.3 Å². The summed E-state index contributed by atoms with van der Waals surface area (Å²) in [6, 6.07) is 3.34. The van der Waals surface area contributed by atoms with Crippen molar-refractivity contribution < 1.29 is 18.1 Å². The predicted octanol–water partition coefficient (Wildman–Crippen LogP) is 1.12. The van der Waals surface area contributed by atoms with Crippen LogP contribution >= 0.6 is 11.6 Å². The Bertz CT molecular complexity index is 546. The zero-order valence-electron chi connectivity index (χ0n) is 9.42. The van der Waals surface area contributed by atoms with E-state index in [4.69, 9.17) is 16.3 Å². The van der Waals surface area contributed by atoms with Crippen molar-refractivity contribution in [3.8, 4) is 5.75 Å². The maximum atomic E-state index is 11.9. The first kappa shape index (κ1) is 14.7. The average Bonchev–Trinajstić information content (AvgIpc) is 2.35. The Labute approximate surface area is 109 Å². The summed E-state index contributed by atoms with van der Waals surface area (Å²) in [7, 11) is -2.61. The van der Waals surface area contributed by atoms with Crippen molar-refractivity contribution in [3.63, 3.8) is 0 Å². The number of methoxy groups -OCH3 is 1. The van der Waals surface area contributed by atoms with Gasteiger partial charge in [0.25, 0.3) is 5.69 Å². The Morgan fingerprint density at radius 2 is 2.17 bits per heavy atom. The second kappa shape index (κ2) is 5.98. The fraction of sp³-hybridized carbons (Fsp3) is 0.333. The molecule has 0 aliphatic heterocycles. The number of non-ortho nitro benzene ring substituents is 1. The number of halogens is 1. The molecule has 0 spiro atoms. The number of nitro groups is 1. The summed E-state index contributed by atoms with van der Waals surface area (Å²) in [5.41, 5.74) is -0.331. The third kappa shape index (κ3) is 3.31. The number of sulfonamides is 1. The summed E-state index contributed by atoms with van der Waals surface area (Å²) in [6.45, 7) is 0.0235. The smallest absolute Gasteiger partial charge is 0.271 e. The molecule has 0 bridgehead atoms. The van der Waals surface area contributed by atoms with Crippen LogP contribution in [-0.4, -0.2) is 32.9 Å². The summed E-state index contributed by atoms with van der Waals surface area (Å²) in [5, 5.41) is 10.6. The van der Waals surface area contributed by atoms with Gasteiger partial charge in [0.15, 0.2) is 0 Å². The molecule has 0 aliphatic carbocycles. The Morgan fingerprint density at radius 1 is 1.50 bits per heavy atom. The third-order valence-corrected chi connectivity index (χ3v) is 3.71. The van der Waals surface area contributed by atoms with E-state index in [9.17, 15) is 18.5 Å². The maximum absolute atomic E-state index is 11.9. The van der Waals surface area contributed by atoms with Crippen molar-refractivity contribution in [1.29, 1.82) is 0 Å². The van der Waals surface area contributed by atoms with Crippen LogP contribution in [0.3, 0.4) is 0 Å². The van der Waals surface area contributed by atoms with Gasteiger partial charge in [0, 0.05) is 24.6 Å². The van der Waals surface area contributed by atoms with Gasteiger partial charge < -0.3 is 4.74 Å². The first-order valence-electron chi connectivity index (χ1n) is 4.80. The van der Waals surface area contributed by atoms with Gasteiger partial charge in [-0.1, -0.05) is 0 Å². The van der Waals surface area contributed by atoms with E-state index in [1.165, 1.54) is 19.2 Å². The van der Waals surface area contributed by atoms with Crippen LogP contribution in [0.5, 0.6) is 5.75 Å². The summed E-state index contributed by atoms with van der Waals surface area (Å²) >= 11 is 5.38. The fourth-order valence-electron chi connectivity index (χ4n) is 1.24. The molecule has 100 valence electrons. The van der Waals surface area contributed by atoms with Gasteiger partial charge in [-0.25, -0.2) is 13.1 Å². The van der Waals surface area contributed by atoms with E-state index in [1.807, 2.05) is 0 Å². The minimum atomic E-state index is -3.89. The molecule has 0 amide bonds. The van der Waals surface area contributed by atoms with Crippen LogP contribution in [0.2, 0.25) is 0 Å². The largest absolute Gasteiger partial charge is 0.495 e. The average molecular weight is 295 g/mol. The van der Waals surface area contributed by atoms with Crippen LogP contribution in [0.4, 0.5) is 5.69 Å². The molecular weight excluding hydrogens is 284 g/mol.